The number of carbonyl (C=O) groups is 1. The van der Waals surface area contributed by atoms with E-state index >= 15 is 0 Å². The van der Waals surface area contributed by atoms with Crippen LogP contribution in [0.2, 0.25) is 0 Å². The van der Waals surface area contributed by atoms with E-state index in [2.05, 4.69) is 58.1 Å². The Bertz CT molecular complexity index is 1350. The summed E-state index contributed by atoms with van der Waals surface area (Å²) in [6, 6.07) is 21.1. The average molecular weight is 438 g/mol. The van der Waals surface area contributed by atoms with Gasteiger partial charge in [0.25, 0.3) is 5.91 Å². The molecule has 4 aromatic rings. The zero-order chi connectivity index (χ0) is 22.4. The Morgan fingerprint density at radius 2 is 1.76 bits per heavy atom. The lowest BCUT2D eigenvalue weighted by Gasteiger charge is -2.20. The maximum atomic E-state index is 13.0. The van der Waals surface area contributed by atoms with Gasteiger partial charge in [0.05, 0.1) is 23.9 Å². The van der Waals surface area contributed by atoms with Crippen molar-refractivity contribution in [3.05, 3.63) is 71.8 Å². The van der Waals surface area contributed by atoms with Crippen LogP contribution in [0.5, 0.6) is 5.75 Å². The maximum absolute atomic E-state index is 13.0. The Labute approximate surface area is 193 Å². The third-order valence-corrected chi connectivity index (χ3v) is 6.93. The molecule has 1 amide bonds. The molecule has 2 aliphatic heterocycles. The van der Waals surface area contributed by atoms with E-state index in [1.54, 1.807) is 0 Å². The van der Waals surface area contributed by atoms with Crippen molar-refractivity contribution in [2.75, 3.05) is 13.2 Å². The molecule has 2 aliphatic rings. The molecule has 3 aromatic carbocycles. The molecule has 0 spiro atoms. The lowest BCUT2D eigenvalue weighted by atomic mass is 10.1. The number of fused-ring (bicyclic) bond motifs is 5. The van der Waals surface area contributed by atoms with Crippen LogP contribution in [0.25, 0.3) is 21.8 Å². The van der Waals surface area contributed by atoms with E-state index in [4.69, 9.17) is 4.74 Å². The second-order valence-corrected chi connectivity index (χ2v) is 9.01. The highest BCUT2D eigenvalue weighted by atomic mass is 16.5. The monoisotopic (exact) mass is 437 g/mol. The summed E-state index contributed by atoms with van der Waals surface area (Å²) in [7, 11) is 0. The van der Waals surface area contributed by atoms with Crippen LogP contribution in [0.4, 0.5) is 5.69 Å². The topological polar surface area (TPSA) is 46.8 Å². The first-order valence-electron chi connectivity index (χ1n) is 11.8. The Balaban J connectivity index is 1.20. The minimum Gasteiger partial charge on any atom is -0.493 e. The van der Waals surface area contributed by atoms with Gasteiger partial charge in [-0.3, -0.25) is 9.79 Å². The predicted octanol–water partition coefficient (Wildman–Crippen LogP) is 5.89. The molecule has 5 heteroatoms. The van der Waals surface area contributed by atoms with Crippen molar-refractivity contribution in [3.8, 4) is 5.75 Å². The summed E-state index contributed by atoms with van der Waals surface area (Å²) < 4.78 is 8.57. The number of aliphatic imine (C=N–C) groups is 1. The molecule has 0 unspecified atom stereocenters. The number of rotatable bonds is 5. The number of hydrogen-bond acceptors (Lipinski definition) is 3. The van der Waals surface area contributed by atoms with Gasteiger partial charge in [0.2, 0.25) is 0 Å². The SMILES string of the molecule is Cc1cc2c(cc1OCCCn1c3ccccc3c3ccccc31)N=C[C@@H]1CCCN1C2=O. The highest BCUT2D eigenvalue weighted by Crippen LogP contribution is 2.34. The molecule has 1 fully saturated rings. The minimum atomic E-state index is 0.0889. The van der Waals surface area contributed by atoms with Crippen molar-refractivity contribution >= 4 is 39.6 Å². The molecule has 1 atom stereocenters. The quantitative estimate of drug-likeness (QED) is 0.365. The van der Waals surface area contributed by atoms with Gasteiger partial charge in [0.15, 0.2) is 0 Å². The van der Waals surface area contributed by atoms with Gasteiger partial charge in [0.1, 0.15) is 5.75 Å². The number of para-hydroxylation sites is 2. The van der Waals surface area contributed by atoms with Crippen LogP contribution in [0.3, 0.4) is 0 Å². The van der Waals surface area contributed by atoms with E-state index in [9.17, 15) is 4.79 Å². The molecule has 5 nitrogen and oxygen atoms in total. The predicted molar refractivity (Wildman–Crippen MR) is 133 cm³/mol. The van der Waals surface area contributed by atoms with E-state index < -0.39 is 0 Å². The lowest BCUT2D eigenvalue weighted by Crippen LogP contribution is -2.35. The van der Waals surface area contributed by atoms with E-state index in [-0.39, 0.29) is 11.9 Å². The van der Waals surface area contributed by atoms with Gasteiger partial charge in [-0.25, -0.2) is 0 Å². The Morgan fingerprint density at radius 3 is 2.52 bits per heavy atom. The second kappa shape index (κ2) is 8.07. The van der Waals surface area contributed by atoms with Crippen molar-refractivity contribution in [3.63, 3.8) is 0 Å². The van der Waals surface area contributed by atoms with Crippen molar-refractivity contribution in [2.45, 2.75) is 38.8 Å². The maximum Gasteiger partial charge on any atom is 0.256 e. The number of aromatic nitrogens is 1. The van der Waals surface area contributed by atoms with Crippen LogP contribution in [0.15, 0.2) is 65.7 Å². The van der Waals surface area contributed by atoms with Gasteiger partial charge in [-0.1, -0.05) is 36.4 Å². The lowest BCUT2D eigenvalue weighted by molar-refractivity contribution is 0.0774. The summed E-state index contributed by atoms with van der Waals surface area (Å²) in [4.78, 5) is 19.6. The van der Waals surface area contributed by atoms with Crippen LogP contribution in [-0.2, 0) is 6.54 Å². The molecule has 0 saturated carbocycles. The molecule has 1 saturated heterocycles. The van der Waals surface area contributed by atoms with Crippen molar-refractivity contribution in [2.24, 2.45) is 4.99 Å². The molecule has 6 rings (SSSR count). The summed E-state index contributed by atoms with van der Waals surface area (Å²) in [5.74, 6) is 0.897. The average Bonchev–Trinajstić information content (AvgIpc) is 3.41. The molecule has 0 N–H and O–H groups in total. The summed E-state index contributed by atoms with van der Waals surface area (Å²) in [5.41, 5.74) is 4.90. The van der Waals surface area contributed by atoms with E-state index in [1.165, 1.54) is 21.8 Å². The third-order valence-electron chi connectivity index (χ3n) is 6.93. The fourth-order valence-corrected chi connectivity index (χ4v) is 5.28. The van der Waals surface area contributed by atoms with Gasteiger partial charge in [-0.2, -0.15) is 0 Å². The van der Waals surface area contributed by atoms with Crippen molar-refractivity contribution in [1.29, 1.82) is 0 Å². The normalized spacial score (nSPS) is 17.4. The van der Waals surface area contributed by atoms with Gasteiger partial charge in [-0.15, -0.1) is 0 Å². The first-order valence-corrected chi connectivity index (χ1v) is 11.8. The highest BCUT2D eigenvalue weighted by molar-refractivity contribution is 6.08. The van der Waals surface area contributed by atoms with Crippen LogP contribution < -0.4 is 4.74 Å². The molecular weight excluding hydrogens is 410 g/mol. The van der Waals surface area contributed by atoms with E-state index in [0.717, 1.165) is 49.4 Å². The Hall–Kier alpha value is -3.60. The summed E-state index contributed by atoms with van der Waals surface area (Å²) >= 11 is 0. The van der Waals surface area contributed by atoms with Crippen LogP contribution in [-0.4, -0.2) is 40.8 Å². The van der Waals surface area contributed by atoms with Crippen LogP contribution in [0, 0.1) is 6.92 Å². The number of aryl methyl sites for hydroxylation is 2. The first-order chi connectivity index (χ1) is 16.2. The summed E-state index contributed by atoms with van der Waals surface area (Å²) in [6.45, 7) is 4.30. The van der Waals surface area contributed by atoms with Gasteiger partial charge in [0, 0.05) is 47.2 Å². The van der Waals surface area contributed by atoms with Gasteiger partial charge >= 0.3 is 0 Å². The Kier molecular flexibility index (Phi) is 4.90. The standard InChI is InChI=1S/C28H27N3O2/c1-19-16-23-24(29-18-20-8-6-13-30(20)28(23)32)17-27(19)33-15-7-14-31-25-11-4-2-9-21(25)22-10-3-5-12-26(22)31/h2-5,9-12,16-18,20H,6-8,13-15H2,1H3/t20-/m0/s1. The molecule has 1 aromatic heterocycles. The fraction of sp³-hybridized carbons (Fsp3) is 0.286. The summed E-state index contributed by atoms with van der Waals surface area (Å²) in [6.07, 6.45) is 4.85. The van der Waals surface area contributed by atoms with E-state index in [0.29, 0.717) is 12.2 Å². The van der Waals surface area contributed by atoms with Crippen LogP contribution in [0.1, 0.15) is 35.2 Å². The first kappa shape index (κ1) is 20.0. The zero-order valence-corrected chi connectivity index (χ0v) is 18.8. The van der Waals surface area contributed by atoms with Crippen molar-refractivity contribution in [1.82, 2.24) is 9.47 Å². The second-order valence-electron chi connectivity index (χ2n) is 9.01. The van der Waals surface area contributed by atoms with Gasteiger partial charge < -0.3 is 14.2 Å². The summed E-state index contributed by atoms with van der Waals surface area (Å²) in [5, 5.41) is 2.58. The van der Waals surface area contributed by atoms with E-state index in [1.807, 2.05) is 30.2 Å². The largest absolute Gasteiger partial charge is 0.493 e. The van der Waals surface area contributed by atoms with Gasteiger partial charge in [-0.05, 0) is 49.9 Å². The molecule has 0 bridgehead atoms. The minimum absolute atomic E-state index is 0.0889. The fourth-order valence-electron chi connectivity index (χ4n) is 5.28. The smallest absolute Gasteiger partial charge is 0.256 e. The Morgan fingerprint density at radius 1 is 1.03 bits per heavy atom. The molecule has 3 heterocycles. The highest BCUT2D eigenvalue weighted by Gasteiger charge is 2.32. The number of amides is 1. The third kappa shape index (κ3) is 3.39. The molecule has 0 aliphatic carbocycles. The zero-order valence-electron chi connectivity index (χ0n) is 18.8. The molecule has 166 valence electrons. The molecular formula is C28H27N3O2. The number of ether oxygens (including phenoxy) is 1. The number of hydrogen-bond donors (Lipinski definition) is 0. The number of nitrogens with zero attached hydrogens (tertiary/aromatic N) is 3. The number of benzene rings is 3. The van der Waals surface area contributed by atoms with Crippen molar-refractivity contribution < 1.29 is 9.53 Å². The molecule has 33 heavy (non-hydrogen) atoms. The number of carbonyl (C=O) groups excluding carboxylic acids is 1. The van der Waals surface area contributed by atoms with Crippen LogP contribution >= 0.6 is 0 Å². The molecule has 0 radical (unpaired) electrons.